The van der Waals surface area contributed by atoms with Crippen molar-refractivity contribution >= 4 is 37.3 Å². The lowest BCUT2D eigenvalue weighted by Gasteiger charge is -2.09. The third kappa shape index (κ3) is 2.95. The Morgan fingerprint density at radius 2 is 2.14 bits per heavy atom. The first-order valence-electron chi connectivity index (χ1n) is 5.28. The normalized spacial score (nSPS) is 11.3. The molecule has 21 heavy (non-hydrogen) atoms. The summed E-state index contributed by atoms with van der Waals surface area (Å²) < 4.78 is 27.5. The van der Waals surface area contributed by atoms with Crippen LogP contribution in [-0.2, 0) is 17.1 Å². The smallest absolute Gasteiger partial charge is 0.282 e. The Morgan fingerprint density at radius 3 is 2.62 bits per heavy atom. The van der Waals surface area contributed by atoms with Crippen LogP contribution >= 0.6 is 15.9 Å². The number of benzene rings is 1. The van der Waals surface area contributed by atoms with Gasteiger partial charge in [-0.2, -0.15) is 8.42 Å². The molecule has 1 heterocycles. The number of sulfonamides is 1. The van der Waals surface area contributed by atoms with Gasteiger partial charge in [-0.25, -0.2) is 4.68 Å². The molecule has 10 nitrogen and oxygen atoms in total. The Morgan fingerprint density at radius 1 is 1.48 bits per heavy atom. The van der Waals surface area contributed by atoms with E-state index in [0.717, 1.165) is 22.9 Å². The molecule has 0 saturated heterocycles. The van der Waals surface area contributed by atoms with Gasteiger partial charge in [0.25, 0.3) is 15.7 Å². The van der Waals surface area contributed by atoms with Crippen LogP contribution < -0.4 is 4.72 Å². The van der Waals surface area contributed by atoms with E-state index in [-0.39, 0.29) is 21.0 Å². The van der Waals surface area contributed by atoms with Gasteiger partial charge in [0, 0.05) is 13.1 Å². The Labute approximate surface area is 126 Å². The maximum absolute atomic E-state index is 12.2. The number of phenolic OH excluding ortho intramolecular Hbond substituents is 1. The van der Waals surface area contributed by atoms with Crippen LogP contribution in [0.25, 0.3) is 0 Å². The molecule has 0 aliphatic heterocycles. The summed E-state index contributed by atoms with van der Waals surface area (Å²) in [5.74, 6) is -0.570. The Hall–Kier alpha value is -2.21. The number of phenols is 1. The summed E-state index contributed by atoms with van der Waals surface area (Å²) in [5.41, 5.74) is -0.562. The van der Waals surface area contributed by atoms with Gasteiger partial charge in [-0.3, -0.25) is 14.8 Å². The zero-order chi connectivity index (χ0) is 15.8. The Kier molecular flexibility index (Phi) is 3.82. The van der Waals surface area contributed by atoms with E-state index in [4.69, 9.17) is 0 Å². The lowest BCUT2D eigenvalue weighted by Crippen LogP contribution is -2.17. The predicted molar refractivity (Wildman–Crippen MR) is 74.3 cm³/mol. The minimum absolute atomic E-state index is 0.00102. The summed E-state index contributed by atoms with van der Waals surface area (Å²) in [6, 6.07) is 2.99. The number of nitrogens with one attached hydrogen (secondary N) is 1. The van der Waals surface area contributed by atoms with Crippen molar-refractivity contribution in [1.29, 1.82) is 0 Å². The van der Waals surface area contributed by atoms with Crippen molar-refractivity contribution in [3.63, 3.8) is 0 Å². The summed E-state index contributed by atoms with van der Waals surface area (Å²) in [6.07, 6.45) is 0. The molecule has 0 aliphatic carbocycles. The van der Waals surface area contributed by atoms with Gasteiger partial charge in [-0.1, -0.05) is 5.21 Å². The largest absolute Gasteiger partial charge is 0.505 e. The molecule has 112 valence electrons. The lowest BCUT2D eigenvalue weighted by molar-refractivity contribution is -0.384. The number of aromatic nitrogens is 3. The van der Waals surface area contributed by atoms with Gasteiger partial charge in [0.15, 0.2) is 4.60 Å². The summed E-state index contributed by atoms with van der Waals surface area (Å²) in [7, 11) is -2.70. The van der Waals surface area contributed by atoms with Gasteiger partial charge in [0.1, 0.15) is 5.75 Å². The quantitative estimate of drug-likeness (QED) is 0.459. The van der Waals surface area contributed by atoms with Crippen molar-refractivity contribution in [1.82, 2.24) is 15.0 Å². The monoisotopic (exact) mass is 377 g/mol. The minimum atomic E-state index is -4.08. The first-order chi connectivity index (χ1) is 9.72. The first kappa shape index (κ1) is 15.2. The number of anilines is 1. The SMILES string of the molecule is Cn1nnc(Br)c1S(=O)(=O)Nc1ccc([N+](=O)[O-])cc1O. The number of aryl methyl sites for hydroxylation is 1. The first-order valence-corrected chi connectivity index (χ1v) is 7.55. The highest BCUT2D eigenvalue weighted by molar-refractivity contribution is 9.10. The van der Waals surface area contributed by atoms with Crippen molar-refractivity contribution in [2.24, 2.45) is 7.05 Å². The fourth-order valence-corrected chi connectivity index (χ4v) is 3.69. The summed E-state index contributed by atoms with van der Waals surface area (Å²) in [6.45, 7) is 0. The van der Waals surface area contributed by atoms with Crippen LogP contribution in [0.1, 0.15) is 0 Å². The van der Waals surface area contributed by atoms with E-state index in [2.05, 4.69) is 31.0 Å². The van der Waals surface area contributed by atoms with Crippen LogP contribution in [0.4, 0.5) is 11.4 Å². The van der Waals surface area contributed by atoms with E-state index >= 15 is 0 Å². The topological polar surface area (TPSA) is 140 Å². The third-order valence-corrected chi connectivity index (χ3v) is 4.68. The molecular weight excluding hydrogens is 370 g/mol. The van der Waals surface area contributed by atoms with Crippen molar-refractivity contribution in [3.8, 4) is 5.75 Å². The van der Waals surface area contributed by atoms with Crippen LogP contribution in [0, 0.1) is 10.1 Å². The highest BCUT2D eigenvalue weighted by Gasteiger charge is 2.25. The van der Waals surface area contributed by atoms with Gasteiger partial charge >= 0.3 is 0 Å². The highest BCUT2D eigenvalue weighted by atomic mass is 79.9. The molecule has 2 aromatic rings. The second-order valence-electron chi connectivity index (χ2n) is 3.87. The van der Waals surface area contributed by atoms with Gasteiger partial charge in [-0.15, -0.1) is 5.10 Å². The van der Waals surface area contributed by atoms with Crippen molar-refractivity contribution < 1.29 is 18.4 Å². The number of nitrogens with zero attached hydrogens (tertiary/aromatic N) is 4. The Balaban J connectivity index is 2.40. The Bertz CT molecular complexity index is 798. The number of rotatable bonds is 4. The molecule has 1 aromatic carbocycles. The molecule has 0 atom stereocenters. The average Bonchev–Trinajstić information content (AvgIpc) is 2.71. The molecule has 0 saturated carbocycles. The van der Waals surface area contributed by atoms with Crippen LogP contribution in [-0.4, -0.2) is 33.4 Å². The molecule has 0 amide bonds. The van der Waals surface area contributed by atoms with Gasteiger partial charge in [-0.05, 0) is 22.0 Å². The number of nitro benzene ring substituents is 1. The van der Waals surface area contributed by atoms with Crippen LogP contribution in [0.5, 0.6) is 5.75 Å². The van der Waals surface area contributed by atoms with Gasteiger partial charge < -0.3 is 5.11 Å². The lowest BCUT2D eigenvalue weighted by atomic mass is 10.3. The highest BCUT2D eigenvalue weighted by Crippen LogP contribution is 2.30. The zero-order valence-corrected chi connectivity index (χ0v) is 12.8. The molecule has 1 aromatic heterocycles. The minimum Gasteiger partial charge on any atom is -0.505 e. The molecule has 0 unspecified atom stereocenters. The third-order valence-electron chi connectivity index (χ3n) is 2.43. The number of aromatic hydroxyl groups is 1. The number of hydrogen-bond acceptors (Lipinski definition) is 7. The molecule has 12 heteroatoms. The molecule has 0 aliphatic rings. The molecule has 0 fully saturated rings. The van der Waals surface area contributed by atoms with E-state index in [1.807, 2.05) is 0 Å². The van der Waals surface area contributed by atoms with Crippen molar-refractivity contribution in [2.45, 2.75) is 5.03 Å². The maximum Gasteiger partial charge on any atom is 0.282 e. The number of hydrogen-bond donors (Lipinski definition) is 2. The number of halogens is 1. The number of non-ortho nitro benzene ring substituents is 1. The maximum atomic E-state index is 12.2. The van der Waals surface area contributed by atoms with Crippen LogP contribution in [0.15, 0.2) is 27.8 Å². The van der Waals surface area contributed by atoms with Crippen molar-refractivity contribution in [2.75, 3.05) is 4.72 Å². The molecule has 0 spiro atoms. The molecular formula is C9H8BrN5O5S. The summed E-state index contributed by atoms with van der Waals surface area (Å²) >= 11 is 2.95. The van der Waals surface area contributed by atoms with E-state index < -0.39 is 20.7 Å². The number of nitro groups is 1. The standard InChI is InChI=1S/C9H8BrN5O5S/c1-14-9(8(10)11-13-14)21(19,20)12-6-3-2-5(15(17)18)4-7(6)16/h2-4,12,16H,1H3. The fourth-order valence-electron chi connectivity index (χ4n) is 1.52. The van der Waals surface area contributed by atoms with Crippen LogP contribution in [0.3, 0.4) is 0 Å². The summed E-state index contributed by atoms with van der Waals surface area (Å²) in [5, 5.41) is 27.0. The van der Waals surface area contributed by atoms with E-state index in [1.165, 1.54) is 7.05 Å². The summed E-state index contributed by atoms with van der Waals surface area (Å²) in [4.78, 5) is 9.85. The van der Waals surface area contributed by atoms with E-state index in [9.17, 15) is 23.6 Å². The molecule has 0 bridgehead atoms. The van der Waals surface area contributed by atoms with Gasteiger partial charge in [0.05, 0.1) is 16.7 Å². The van der Waals surface area contributed by atoms with Gasteiger partial charge in [0.2, 0.25) is 5.03 Å². The fraction of sp³-hybridized carbons (Fsp3) is 0.111. The van der Waals surface area contributed by atoms with E-state index in [0.29, 0.717) is 0 Å². The average molecular weight is 378 g/mol. The molecule has 2 rings (SSSR count). The second kappa shape index (κ2) is 5.29. The van der Waals surface area contributed by atoms with Crippen LogP contribution in [0.2, 0.25) is 0 Å². The second-order valence-corrected chi connectivity index (χ2v) is 6.22. The van der Waals surface area contributed by atoms with Crippen molar-refractivity contribution in [3.05, 3.63) is 32.9 Å². The van der Waals surface area contributed by atoms with E-state index in [1.54, 1.807) is 0 Å². The zero-order valence-electron chi connectivity index (χ0n) is 10.4. The molecule has 2 N–H and O–H groups in total. The molecule has 0 radical (unpaired) electrons. The predicted octanol–water partition coefficient (Wildman–Crippen LogP) is 0.992.